The van der Waals surface area contributed by atoms with E-state index in [9.17, 15) is 0 Å². The minimum absolute atomic E-state index is 0.259. The molecule has 0 aliphatic heterocycles. The minimum atomic E-state index is 0.259. The molecule has 2 aromatic rings. The van der Waals surface area contributed by atoms with E-state index in [1.54, 1.807) is 0 Å². The Morgan fingerprint density at radius 2 is 1.94 bits per heavy atom. The van der Waals surface area contributed by atoms with Gasteiger partial charge in [-0.15, -0.1) is 0 Å². The quantitative estimate of drug-likeness (QED) is 0.847. The summed E-state index contributed by atoms with van der Waals surface area (Å²) in [4.78, 5) is 8.31. The molecular formula is C13H15N3. The van der Waals surface area contributed by atoms with Crippen molar-refractivity contribution in [1.29, 1.82) is 0 Å². The Hall–Kier alpha value is -1.74. The summed E-state index contributed by atoms with van der Waals surface area (Å²) < 4.78 is 0. The van der Waals surface area contributed by atoms with Crippen LogP contribution in [0, 0.1) is 0 Å². The van der Waals surface area contributed by atoms with Crippen LogP contribution < -0.4 is 5.32 Å². The highest BCUT2D eigenvalue weighted by Gasteiger charge is 2.04. The van der Waals surface area contributed by atoms with Crippen molar-refractivity contribution >= 4 is 0 Å². The summed E-state index contributed by atoms with van der Waals surface area (Å²) in [5.74, 6) is 0. The molecule has 0 spiro atoms. The number of nitrogens with one attached hydrogen (secondary N) is 1. The predicted octanol–water partition coefficient (Wildman–Crippen LogP) is 2.33. The van der Waals surface area contributed by atoms with E-state index in [1.807, 2.05) is 48.9 Å². The zero-order valence-electron chi connectivity index (χ0n) is 9.30. The van der Waals surface area contributed by atoms with Gasteiger partial charge in [-0.3, -0.25) is 9.97 Å². The van der Waals surface area contributed by atoms with Crippen LogP contribution in [0.5, 0.6) is 0 Å². The molecule has 0 saturated heterocycles. The highest BCUT2D eigenvalue weighted by molar-refractivity contribution is 5.11. The van der Waals surface area contributed by atoms with Crippen molar-refractivity contribution < 1.29 is 0 Å². The maximum atomic E-state index is 4.32. The highest BCUT2D eigenvalue weighted by atomic mass is 14.9. The van der Waals surface area contributed by atoms with Crippen molar-refractivity contribution in [3.63, 3.8) is 0 Å². The minimum Gasteiger partial charge on any atom is -0.305 e. The van der Waals surface area contributed by atoms with Gasteiger partial charge < -0.3 is 5.32 Å². The molecule has 82 valence electrons. The molecule has 2 aromatic heterocycles. The summed E-state index contributed by atoms with van der Waals surface area (Å²) in [6.45, 7) is 2.95. The van der Waals surface area contributed by atoms with Crippen LogP contribution in [0.15, 0.2) is 48.9 Å². The highest BCUT2D eigenvalue weighted by Crippen LogP contribution is 2.08. The van der Waals surface area contributed by atoms with Gasteiger partial charge in [0.2, 0.25) is 0 Å². The van der Waals surface area contributed by atoms with Crippen molar-refractivity contribution in [3.05, 3.63) is 60.2 Å². The molecule has 0 aliphatic carbocycles. The maximum Gasteiger partial charge on any atom is 0.0570 e. The lowest BCUT2D eigenvalue weighted by Crippen LogP contribution is -2.18. The second kappa shape index (κ2) is 5.37. The van der Waals surface area contributed by atoms with E-state index in [0.717, 1.165) is 12.2 Å². The average Bonchev–Trinajstić information content (AvgIpc) is 2.38. The number of hydrogen-bond donors (Lipinski definition) is 1. The molecule has 2 heterocycles. The molecule has 0 aliphatic rings. The molecule has 1 atom stereocenters. The van der Waals surface area contributed by atoms with Crippen LogP contribution in [0.1, 0.15) is 24.2 Å². The van der Waals surface area contributed by atoms with Gasteiger partial charge in [0.05, 0.1) is 5.69 Å². The molecule has 1 N–H and O–H groups in total. The monoisotopic (exact) mass is 213 g/mol. The molecule has 2 rings (SSSR count). The van der Waals surface area contributed by atoms with Gasteiger partial charge in [0.1, 0.15) is 0 Å². The largest absolute Gasteiger partial charge is 0.305 e. The van der Waals surface area contributed by atoms with E-state index in [0.29, 0.717) is 0 Å². The Morgan fingerprint density at radius 3 is 2.62 bits per heavy atom. The number of pyridine rings is 2. The zero-order chi connectivity index (χ0) is 11.2. The average molecular weight is 213 g/mol. The van der Waals surface area contributed by atoms with E-state index < -0.39 is 0 Å². The number of rotatable bonds is 4. The summed E-state index contributed by atoms with van der Waals surface area (Å²) in [5.41, 5.74) is 2.30. The Morgan fingerprint density at radius 1 is 1.12 bits per heavy atom. The Bertz CT molecular complexity index is 414. The predicted molar refractivity (Wildman–Crippen MR) is 63.7 cm³/mol. The van der Waals surface area contributed by atoms with E-state index in [4.69, 9.17) is 0 Å². The van der Waals surface area contributed by atoms with Gasteiger partial charge in [0.25, 0.3) is 0 Å². The topological polar surface area (TPSA) is 37.8 Å². The molecular weight excluding hydrogens is 198 g/mol. The van der Waals surface area contributed by atoms with Crippen molar-refractivity contribution in [3.8, 4) is 0 Å². The third-order valence-corrected chi connectivity index (χ3v) is 2.49. The second-order valence-electron chi connectivity index (χ2n) is 3.71. The smallest absolute Gasteiger partial charge is 0.0570 e. The summed E-state index contributed by atoms with van der Waals surface area (Å²) in [5, 5.41) is 3.42. The summed E-state index contributed by atoms with van der Waals surface area (Å²) in [6.07, 6.45) is 5.44. The van der Waals surface area contributed by atoms with Gasteiger partial charge in [-0.1, -0.05) is 6.07 Å². The summed E-state index contributed by atoms with van der Waals surface area (Å²) in [6, 6.07) is 10.3. The molecule has 0 unspecified atom stereocenters. The van der Waals surface area contributed by atoms with Crippen molar-refractivity contribution in [2.75, 3.05) is 0 Å². The van der Waals surface area contributed by atoms with Crippen LogP contribution in [0.4, 0.5) is 0 Å². The SMILES string of the molecule is C[C@@H](NCc1ccncc1)c1ccccn1. The Balaban J connectivity index is 1.92. The third kappa shape index (κ3) is 2.87. The summed E-state index contributed by atoms with van der Waals surface area (Å²) >= 11 is 0. The zero-order valence-corrected chi connectivity index (χ0v) is 9.30. The van der Waals surface area contributed by atoms with Gasteiger partial charge in [0.15, 0.2) is 0 Å². The molecule has 0 amide bonds. The number of hydrogen-bond acceptors (Lipinski definition) is 3. The van der Waals surface area contributed by atoms with Gasteiger partial charge in [-0.2, -0.15) is 0 Å². The number of nitrogens with zero attached hydrogens (tertiary/aromatic N) is 2. The standard InChI is InChI=1S/C13H15N3/c1-11(13-4-2-3-7-15-13)16-10-12-5-8-14-9-6-12/h2-9,11,16H,10H2,1H3/t11-/m1/s1. The van der Waals surface area contributed by atoms with E-state index in [2.05, 4.69) is 22.2 Å². The van der Waals surface area contributed by atoms with Crippen LogP contribution >= 0.6 is 0 Å². The van der Waals surface area contributed by atoms with Crippen LogP contribution in [-0.2, 0) is 6.54 Å². The van der Waals surface area contributed by atoms with Gasteiger partial charge in [-0.05, 0) is 36.8 Å². The van der Waals surface area contributed by atoms with Gasteiger partial charge in [-0.25, -0.2) is 0 Å². The molecule has 0 radical (unpaired) electrons. The normalized spacial score (nSPS) is 12.3. The molecule has 16 heavy (non-hydrogen) atoms. The lowest BCUT2D eigenvalue weighted by Gasteiger charge is -2.12. The third-order valence-electron chi connectivity index (χ3n) is 2.49. The van der Waals surface area contributed by atoms with E-state index in [-0.39, 0.29) is 6.04 Å². The first kappa shape index (κ1) is 10.8. The first-order valence-electron chi connectivity index (χ1n) is 5.39. The first-order valence-corrected chi connectivity index (χ1v) is 5.39. The molecule has 3 heteroatoms. The lowest BCUT2D eigenvalue weighted by atomic mass is 10.2. The van der Waals surface area contributed by atoms with Crippen LogP contribution in [0.2, 0.25) is 0 Å². The molecule has 0 fully saturated rings. The fourth-order valence-corrected chi connectivity index (χ4v) is 1.51. The van der Waals surface area contributed by atoms with Crippen molar-refractivity contribution in [1.82, 2.24) is 15.3 Å². The molecule has 0 bridgehead atoms. The van der Waals surface area contributed by atoms with Crippen molar-refractivity contribution in [2.24, 2.45) is 0 Å². The van der Waals surface area contributed by atoms with Crippen LogP contribution in [-0.4, -0.2) is 9.97 Å². The summed E-state index contributed by atoms with van der Waals surface area (Å²) in [7, 11) is 0. The second-order valence-corrected chi connectivity index (χ2v) is 3.71. The Kier molecular flexibility index (Phi) is 3.62. The van der Waals surface area contributed by atoms with Crippen LogP contribution in [0.25, 0.3) is 0 Å². The fourth-order valence-electron chi connectivity index (χ4n) is 1.51. The van der Waals surface area contributed by atoms with E-state index in [1.165, 1.54) is 5.56 Å². The van der Waals surface area contributed by atoms with Crippen LogP contribution in [0.3, 0.4) is 0 Å². The van der Waals surface area contributed by atoms with Gasteiger partial charge in [0, 0.05) is 31.2 Å². The van der Waals surface area contributed by atoms with Gasteiger partial charge >= 0.3 is 0 Å². The first-order chi connectivity index (χ1) is 7.86. The maximum absolute atomic E-state index is 4.32. The van der Waals surface area contributed by atoms with Crippen molar-refractivity contribution in [2.45, 2.75) is 19.5 Å². The molecule has 0 aromatic carbocycles. The lowest BCUT2D eigenvalue weighted by molar-refractivity contribution is 0.561. The number of aromatic nitrogens is 2. The Labute approximate surface area is 95.6 Å². The van der Waals surface area contributed by atoms with E-state index >= 15 is 0 Å². The molecule has 3 nitrogen and oxygen atoms in total. The fraction of sp³-hybridized carbons (Fsp3) is 0.231. The molecule has 0 saturated carbocycles.